The molecule has 0 aliphatic heterocycles. The van der Waals surface area contributed by atoms with E-state index in [2.05, 4.69) is 10.1 Å². The van der Waals surface area contributed by atoms with Gasteiger partial charge in [0.2, 0.25) is 0 Å². The summed E-state index contributed by atoms with van der Waals surface area (Å²) in [7, 11) is 1.32. The van der Waals surface area contributed by atoms with Crippen LogP contribution in [0.3, 0.4) is 0 Å². The molecule has 15 heavy (non-hydrogen) atoms. The topological polar surface area (TPSA) is 38.3 Å². The monoisotopic (exact) mass is 229 g/mol. The van der Waals surface area contributed by atoms with Crippen molar-refractivity contribution in [2.24, 2.45) is 0 Å². The number of carbonyl (C=O) groups excluding carboxylic acids is 1. The largest absolute Gasteiger partial charge is 0.453 e. The van der Waals surface area contributed by atoms with Crippen molar-refractivity contribution in [2.45, 2.75) is 20.8 Å². The van der Waals surface area contributed by atoms with Gasteiger partial charge >= 0.3 is 6.09 Å². The number of hydrogen-bond acceptors (Lipinski definition) is 2. The first-order valence-electron chi connectivity index (χ1n) is 4.74. The Kier molecular flexibility index (Phi) is 6.54. The standard InChI is InChI=1S/C9H10ClNO2.C2H6/c1-6-5-7(10)3-4-8(6)11-9(12)13-2;1-2/h3-5H,1-2H3,(H,11,12);1-2H3. The zero-order chi connectivity index (χ0) is 11.8. The molecule has 1 N–H and O–H groups in total. The van der Waals surface area contributed by atoms with Gasteiger partial charge in [0.15, 0.2) is 0 Å². The molecule has 0 aliphatic carbocycles. The van der Waals surface area contributed by atoms with Crippen LogP contribution in [-0.2, 0) is 4.74 Å². The molecule has 0 aromatic heterocycles. The second kappa shape index (κ2) is 7.12. The third-order valence-corrected chi connectivity index (χ3v) is 1.85. The van der Waals surface area contributed by atoms with Crippen molar-refractivity contribution in [3.63, 3.8) is 0 Å². The molecule has 1 rings (SSSR count). The van der Waals surface area contributed by atoms with E-state index in [0.717, 1.165) is 5.56 Å². The lowest BCUT2D eigenvalue weighted by molar-refractivity contribution is 0.187. The summed E-state index contributed by atoms with van der Waals surface area (Å²) < 4.78 is 4.46. The highest BCUT2D eigenvalue weighted by atomic mass is 35.5. The fourth-order valence-corrected chi connectivity index (χ4v) is 1.15. The lowest BCUT2D eigenvalue weighted by Gasteiger charge is -2.06. The number of ether oxygens (including phenoxy) is 1. The highest BCUT2D eigenvalue weighted by molar-refractivity contribution is 6.30. The minimum atomic E-state index is -0.481. The summed E-state index contributed by atoms with van der Waals surface area (Å²) >= 11 is 5.74. The van der Waals surface area contributed by atoms with Crippen LogP contribution < -0.4 is 5.32 Å². The Morgan fingerprint density at radius 3 is 2.47 bits per heavy atom. The summed E-state index contributed by atoms with van der Waals surface area (Å²) in [5, 5.41) is 3.21. The molecule has 1 amide bonds. The molecule has 0 radical (unpaired) electrons. The van der Waals surface area contributed by atoms with Gasteiger partial charge < -0.3 is 4.74 Å². The smallest absolute Gasteiger partial charge is 0.411 e. The summed E-state index contributed by atoms with van der Waals surface area (Å²) in [5.41, 5.74) is 1.61. The lowest BCUT2D eigenvalue weighted by Crippen LogP contribution is -2.11. The number of halogens is 1. The molecule has 0 atom stereocenters. The van der Waals surface area contributed by atoms with Gasteiger partial charge in [0.1, 0.15) is 0 Å². The van der Waals surface area contributed by atoms with Crippen LogP contribution in [0.5, 0.6) is 0 Å². The van der Waals surface area contributed by atoms with Crippen LogP contribution in [0.4, 0.5) is 10.5 Å². The molecule has 1 aromatic carbocycles. The molecule has 0 unspecified atom stereocenters. The second-order valence-electron chi connectivity index (χ2n) is 2.58. The molecular weight excluding hydrogens is 214 g/mol. The third-order valence-electron chi connectivity index (χ3n) is 1.61. The number of carbonyl (C=O) groups is 1. The fraction of sp³-hybridized carbons (Fsp3) is 0.364. The molecule has 0 spiro atoms. The summed E-state index contributed by atoms with van der Waals surface area (Å²) in [6.45, 7) is 5.86. The lowest BCUT2D eigenvalue weighted by atomic mass is 10.2. The minimum Gasteiger partial charge on any atom is -0.453 e. The first kappa shape index (κ1) is 13.8. The maximum atomic E-state index is 10.9. The van der Waals surface area contributed by atoms with Crippen molar-refractivity contribution in [2.75, 3.05) is 12.4 Å². The van der Waals surface area contributed by atoms with E-state index in [0.29, 0.717) is 10.7 Å². The van der Waals surface area contributed by atoms with Crippen LogP contribution in [0.15, 0.2) is 18.2 Å². The molecule has 0 aliphatic rings. The maximum absolute atomic E-state index is 10.9. The van der Waals surface area contributed by atoms with Crippen LogP contribution in [0, 0.1) is 6.92 Å². The van der Waals surface area contributed by atoms with E-state index in [1.807, 2.05) is 20.8 Å². The van der Waals surface area contributed by atoms with Crippen LogP contribution >= 0.6 is 11.6 Å². The van der Waals surface area contributed by atoms with E-state index in [4.69, 9.17) is 11.6 Å². The highest BCUT2D eigenvalue weighted by Gasteiger charge is 2.03. The summed E-state index contributed by atoms with van der Waals surface area (Å²) in [5.74, 6) is 0. The predicted octanol–water partition coefficient (Wildman–Crippen LogP) is 3.85. The van der Waals surface area contributed by atoms with E-state index in [1.165, 1.54) is 7.11 Å². The van der Waals surface area contributed by atoms with Gasteiger partial charge in [-0.1, -0.05) is 25.4 Å². The van der Waals surface area contributed by atoms with E-state index >= 15 is 0 Å². The van der Waals surface area contributed by atoms with E-state index in [-0.39, 0.29) is 0 Å². The molecule has 0 fully saturated rings. The van der Waals surface area contributed by atoms with Crippen molar-refractivity contribution in [1.29, 1.82) is 0 Å². The average molecular weight is 230 g/mol. The number of benzene rings is 1. The maximum Gasteiger partial charge on any atom is 0.411 e. The normalized spacial score (nSPS) is 8.60. The zero-order valence-corrected chi connectivity index (χ0v) is 10.2. The van der Waals surface area contributed by atoms with Crippen molar-refractivity contribution in [1.82, 2.24) is 0 Å². The van der Waals surface area contributed by atoms with Gasteiger partial charge in [0, 0.05) is 10.7 Å². The van der Waals surface area contributed by atoms with E-state index in [9.17, 15) is 4.79 Å². The van der Waals surface area contributed by atoms with Crippen molar-refractivity contribution < 1.29 is 9.53 Å². The first-order chi connectivity index (χ1) is 7.13. The second-order valence-corrected chi connectivity index (χ2v) is 3.01. The van der Waals surface area contributed by atoms with Crippen LogP contribution in [0.1, 0.15) is 19.4 Å². The summed E-state index contributed by atoms with van der Waals surface area (Å²) in [6.07, 6.45) is -0.481. The Morgan fingerprint density at radius 1 is 1.40 bits per heavy atom. The third kappa shape index (κ3) is 4.70. The molecular formula is C11H16ClNO2. The van der Waals surface area contributed by atoms with Crippen LogP contribution in [0.25, 0.3) is 0 Å². The van der Waals surface area contributed by atoms with Crippen molar-refractivity contribution in [3.8, 4) is 0 Å². The SMILES string of the molecule is CC.COC(=O)Nc1ccc(Cl)cc1C. The number of anilines is 1. The molecule has 84 valence electrons. The minimum absolute atomic E-state index is 0.481. The van der Waals surface area contributed by atoms with Gasteiger partial charge in [-0.05, 0) is 30.7 Å². The van der Waals surface area contributed by atoms with Gasteiger partial charge in [-0.2, -0.15) is 0 Å². The van der Waals surface area contributed by atoms with E-state index in [1.54, 1.807) is 18.2 Å². The molecule has 3 nitrogen and oxygen atoms in total. The number of aryl methyl sites for hydroxylation is 1. The Hall–Kier alpha value is -1.22. The Labute approximate surface area is 95.4 Å². The number of methoxy groups -OCH3 is 1. The van der Waals surface area contributed by atoms with Gasteiger partial charge in [-0.25, -0.2) is 4.79 Å². The quantitative estimate of drug-likeness (QED) is 0.794. The number of hydrogen-bond donors (Lipinski definition) is 1. The number of amides is 1. The molecule has 0 saturated carbocycles. The predicted molar refractivity (Wildman–Crippen MR) is 63.6 cm³/mol. The first-order valence-corrected chi connectivity index (χ1v) is 5.12. The molecule has 0 bridgehead atoms. The van der Waals surface area contributed by atoms with E-state index < -0.39 is 6.09 Å². The molecule has 0 heterocycles. The molecule has 4 heteroatoms. The zero-order valence-electron chi connectivity index (χ0n) is 9.43. The molecule has 1 aromatic rings. The number of nitrogens with one attached hydrogen (secondary N) is 1. The average Bonchev–Trinajstić information content (AvgIpc) is 2.25. The Bertz CT molecular complexity index is 326. The molecule has 0 saturated heterocycles. The fourth-order valence-electron chi connectivity index (χ4n) is 0.928. The van der Waals surface area contributed by atoms with Crippen LogP contribution in [-0.4, -0.2) is 13.2 Å². The number of rotatable bonds is 1. The summed E-state index contributed by atoms with van der Waals surface area (Å²) in [4.78, 5) is 10.9. The van der Waals surface area contributed by atoms with Gasteiger partial charge in [0.25, 0.3) is 0 Å². The Morgan fingerprint density at radius 2 is 2.00 bits per heavy atom. The van der Waals surface area contributed by atoms with Gasteiger partial charge in [-0.3, -0.25) is 5.32 Å². The Balaban J connectivity index is 0.000000921. The van der Waals surface area contributed by atoms with Crippen molar-refractivity contribution in [3.05, 3.63) is 28.8 Å². The van der Waals surface area contributed by atoms with Crippen LogP contribution in [0.2, 0.25) is 5.02 Å². The highest BCUT2D eigenvalue weighted by Crippen LogP contribution is 2.19. The summed E-state index contributed by atoms with van der Waals surface area (Å²) in [6, 6.07) is 5.21. The van der Waals surface area contributed by atoms with Gasteiger partial charge in [-0.15, -0.1) is 0 Å². The van der Waals surface area contributed by atoms with Gasteiger partial charge in [0.05, 0.1) is 7.11 Å². The van der Waals surface area contributed by atoms with Crippen molar-refractivity contribution >= 4 is 23.4 Å².